The van der Waals surface area contributed by atoms with Gasteiger partial charge >= 0.3 is 0 Å². The summed E-state index contributed by atoms with van der Waals surface area (Å²) in [5.41, 5.74) is 10.3. The second-order valence-electron chi connectivity index (χ2n) is 7.48. The minimum absolute atomic E-state index is 0.959. The Bertz CT molecular complexity index is 1070. The normalized spacial score (nSPS) is 12.0. The van der Waals surface area contributed by atoms with Crippen LogP contribution in [0, 0.1) is 13.8 Å². The van der Waals surface area contributed by atoms with E-state index in [1.165, 1.54) is 27.8 Å². The van der Waals surface area contributed by atoms with E-state index in [9.17, 15) is 0 Å². The molecule has 0 heteroatoms. The lowest BCUT2D eigenvalue weighted by atomic mass is 9.85. The second kappa shape index (κ2) is 9.21. The Kier molecular flexibility index (Phi) is 6.46. The molecule has 0 aromatic heterocycles. The predicted molar refractivity (Wildman–Crippen MR) is 128 cm³/mol. The van der Waals surface area contributed by atoms with Gasteiger partial charge in [-0.3, -0.25) is 0 Å². The molecule has 0 unspecified atom stereocenters. The molecule has 3 aromatic rings. The van der Waals surface area contributed by atoms with Crippen molar-refractivity contribution in [3.05, 3.63) is 143 Å². The molecule has 0 radical (unpaired) electrons. The predicted octanol–water partition coefficient (Wildman–Crippen LogP) is 7.95. The van der Waals surface area contributed by atoms with Gasteiger partial charge in [0.05, 0.1) is 0 Å². The third kappa shape index (κ3) is 4.92. The molecule has 144 valence electrons. The fourth-order valence-corrected chi connectivity index (χ4v) is 3.50. The van der Waals surface area contributed by atoms with Crippen molar-refractivity contribution in [2.24, 2.45) is 0 Å². The smallest absolute Gasteiger partial charge is 0.00279 e. The van der Waals surface area contributed by atoms with E-state index in [-0.39, 0.29) is 0 Å². The van der Waals surface area contributed by atoms with E-state index >= 15 is 0 Å². The van der Waals surface area contributed by atoms with Gasteiger partial charge in [-0.15, -0.1) is 0 Å². The zero-order valence-corrected chi connectivity index (χ0v) is 17.6. The summed E-state index contributed by atoms with van der Waals surface area (Å²) in [7, 11) is 0. The standard InChI is InChI=1S/C29H28/c1-21(2)28(24(5)17-20-25-18-15-22(3)16-19-25)29(26-12-7-6-8-13-26)27-14-10-9-11-23(27)4/h6-20H,1,5H2,2-4H3/b20-17+,29-28+. The SMILES string of the molecule is C=C(C)/C(C(=C)/C=C/c1ccc(C)cc1)=C(/c1ccccc1)c1ccccc1C. The first-order valence-electron chi connectivity index (χ1n) is 9.93. The maximum Gasteiger partial charge on any atom is -0.00279 e. The van der Waals surface area contributed by atoms with Gasteiger partial charge in [0.15, 0.2) is 0 Å². The second-order valence-corrected chi connectivity index (χ2v) is 7.48. The average Bonchev–Trinajstić information content (AvgIpc) is 2.72. The highest BCUT2D eigenvalue weighted by atomic mass is 14.2. The van der Waals surface area contributed by atoms with Crippen LogP contribution < -0.4 is 0 Å². The summed E-state index contributed by atoms with van der Waals surface area (Å²) in [5.74, 6) is 0. The highest BCUT2D eigenvalue weighted by molar-refractivity contribution is 5.89. The van der Waals surface area contributed by atoms with Crippen molar-refractivity contribution in [1.29, 1.82) is 0 Å². The molecule has 0 atom stereocenters. The molecule has 0 aliphatic heterocycles. The van der Waals surface area contributed by atoms with E-state index < -0.39 is 0 Å². The minimum atomic E-state index is 0.959. The lowest BCUT2D eigenvalue weighted by Gasteiger charge is -2.19. The third-order valence-corrected chi connectivity index (χ3v) is 5.03. The largest absolute Gasteiger partial charge is 0.0955 e. The molecule has 0 aliphatic carbocycles. The minimum Gasteiger partial charge on any atom is -0.0955 e. The molecule has 0 bridgehead atoms. The summed E-state index contributed by atoms with van der Waals surface area (Å²) in [4.78, 5) is 0. The quantitative estimate of drug-likeness (QED) is 0.383. The fraction of sp³-hybridized carbons (Fsp3) is 0.103. The molecule has 0 amide bonds. The first kappa shape index (κ1) is 20.4. The number of hydrogen-bond acceptors (Lipinski definition) is 0. The fourth-order valence-electron chi connectivity index (χ4n) is 3.50. The van der Waals surface area contributed by atoms with Crippen LogP contribution in [-0.2, 0) is 0 Å². The molecular formula is C29H28. The molecule has 0 heterocycles. The van der Waals surface area contributed by atoms with Gasteiger partial charge in [0.2, 0.25) is 0 Å². The van der Waals surface area contributed by atoms with Crippen molar-refractivity contribution in [3.63, 3.8) is 0 Å². The van der Waals surface area contributed by atoms with Gasteiger partial charge in [-0.1, -0.05) is 110 Å². The number of hydrogen-bond donors (Lipinski definition) is 0. The maximum atomic E-state index is 4.40. The Morgan fingerprint density at radius 3 is 2.00 bits per heavy atom. The highest BCUT2D eigenvalue weighted by Crippen LogP contribution is 2.35. The van der Waals surface area contributed by atoms with Gasteiger partial charge in [-0.2, -0.15) is 0 Å². The summed E-state index contributed by atoms with van der Waals surface area (Å²) in [6.45, 7) is 15.0. The first-order chi connectivity index (χ1) is 14.0. The van der Waals surface area contributed by atoms with Crippen molar-refractivity contribution in [1.82, 2.24) is 0 Å². The van der Waals surface area contributed by atoms with E-state index in [1.807, 2.05) is 6.07 Å². The van der Waals surface area contributed by atoms with Gasteiger partial charge in [-0.25, -0.2) is 0 Å². The average molecular weight is 377 g/mol. The number of aryl methyl sites for hydroxylation is 2. The Morgan fingerprint density at radius 1 is 0.759 bits per heavy atom. The highest BCUT2D eigenvalue weighted by Gasteiger charge is 2.15. The van der Waals surface area contributed by atoms with Crippen LogP contribution in [0.2, 0.25) is 0 Å². The van der Waals surface area contributed by atoms with Crippen molar-refractivity contribution >= 4 is 11.6 Å². The maximum absolute atomic E-state index is 4.40. The Balaban J connectivity index is 2.16. The topological polar surface area (TPSA) is 0 Å². The zero-order chi connectivity index (χ0) is 20.8. The van der Waals surface area contributed by atoms with Crippen LogP contribution in [-0.4, -0.2) is 0 Å². The van der Waals surface area contributed by atoms with Crippen LogP contribution in [0.1, 0.15) is 34.7 Å². The van der Waals surface area contributed by atoms with Gasteiger partial charge in [-0.05, 0) is 65.3 Å². The summed E-state index contributed by atoms with van der Waals surface area (Å²) in [5, 5.41) is 0. The van der Waals surface area contributed by atoms with Crippen LogP contribution in [0.25, 0.3) is 11.6 Å². The monoisotopic (exact) mass is 376 g/mol. The molecule has 0 saturated carbocycles. The lowest BCUT2D eigenvalue weighted by molar-refractivity contribution is 1.35. The van der Waals surface area contributed by atoms with Crippen LogP contribution in [0.4, 0.5) is 0 Å². The Labute approximate surface area is 175 Å². The molecule has 0 N–H and O–H groups in total. The summed E-state index contributed by atoms with van der Waals surface area (Å²) in [6.07, 6.45) is 4.21. The molecule has 0 spiro atoms. The first-order valence-corrected chi connectivity index (χ1v) is 9.93. The van der Waals surface area contributed by atoms with E-state index in [0.29, 0.717) is 0 Å². The van der Waals surface area contributed by atoms with E-state index in [2.05, 4.69) is 119 Å². The molecule has 0 fully saturated rings. The number of allylic oxidation sites excluding steroid dienone is 4. The van der Waals surface area contributed by atoms with Crippen molar-refractivity contribution in [2.45, 2.75) is 20.8 Å². The van der Waals surface area contributed by atoms with E-state index in [4.69, 9.17) is 0 Å². The molecule has 3 rings (SSSR count). The molecule has 29 heavy (non-hydrogen) atoms. The molecular weight excluding hydrogens is 348 g/mol. The Hall–Kier alpha value is -3.38. The summed E-state index contributed by atoms with van der Waals surface area (Å²) >= 11 is 0. The third-order valence-electron chi connectivity index (χ3n) is 5.03. The van der Waals surface area contributed by atoms with Crippen LogP contribution in [0.3, 0.4) is 0 Å². The van der Waals surface area contributed by atoms with E-state index in [0.717, 1.165) is 22.3 Å². The lowest BCUT2D eigenvalue weighted by Crippen LogP contribution is -1.99. The Morgan fingerprint density at radius 2 is 1.38 bits per heavy atom. The van der Waals surface area contributed by atoms with Crippen LogP contribution >= 0.6 is 0 Å². The summed E-state index contributed by atoms with van der Waals surface area (Å²) < 4.78 is 0. The molecule has 0 aliphatic rings. The molecule has 0 nitrogen and oxygen atoms in total. The van der Waals surface area contributed by atoms with Gasteiger partial charge < -0.3 is 0 Å². The van der Waals surface area contributed by atoms with Crippen LogP contribution in [0.15, 0.2) is 115 Å². The van der Waals surface area contributed by atoms with Gasteiger partial charge in [0, 0.05) is 0 Å². The molecule has 0 saturated heterocycles. The zero-order valence-electron chi connectivity index (χ0n) is 17.6. The molecule has 3 aromatic carbocycles. The van der Waals surface area contributed by atoms with Crippen molar-refractivity contribution in [3.8, 4) is 0 Å². The van der Waals surface area contributed by atoms with Crippen LogP contribution in [0.5, 0.6) is 0 Å². The number of benzene rings is 3. The van der Waals surface area contributed by atoms with E-state index in [1.54, 1.807) is 0 Å². The van der Waals surface area contributed by atoms with Crippen molar-refractivity contribution < 1.29 is 0 Å². The van der Waals surface area contributed by atoms with Gasteiger partial charge in [0.25, 0.3) is 0 Å². The number of rotatable bonds is 6. The summed E-state index contributed by atoms with van der Waals surface area (Å²) in [6, 6.07) is 27.5. The van der Waals surface area contributed by atoms with Crippen molar-refractivity contribution in [2.75, 3.05) is 0 Å². The van der Waals surface area contributed by atoms with Gasteiger partial charge in [0.1, 0.15) is 0 Å².